The highest BCUT2D eigenvalue weighted by atomic mass is 32.2. The topological polar surface area (TPSA) is 88.2 Å². The average molecular weight is 399 g/mol. The molecule has 0 bridgehead atoms. The Morgan fingerprint density at radius 2 is 1.82 bits per heavy atom. The van der Waals surface area contributed by atoms with E-state index in [4.69, 9.17) is 0 Å². The first kappa shape index (κ1) is 19.5. The third kappa shape index (κ3) is 4.52. The number of hydrogen-bond acceptors (Lipinski definition) is 5. The number of carbonyl (C=O) groups excluding carboxylic acids is 1. The molecule has 2 aromatic carbocycles. The van der Waals surface area contributed by atoms with Gasteiger partial charge >= 0.3 is 0 Å². The van der Waals surface area contributed by atoms with Gasteiger partial charge in [0, 0.05) is 11.3 Å². The fourth-order valence-electron chi connectivity index (χ4n) is 2.62. The van der Waals surface area contributed by atoms with E-state index in [1.807, 2.05) is 0 Å². The Labute approximate surface area is 162 Å². The van der Waals surface area contributed by atoms with E-state index in [-0.39, 0.29) is 16.4 Å². The Morgan fingerprint density at radius 3 is 2.46 bits per heavy atom. The first-order valence-electron chi connectivity index (χ1n) is 8.38. The summed E-state index contributed by atoms with van der Waals surface area (Å²) >= 11 is 0. The van der Waals surface area contributed by atoms with Gasteiger partial charge in [-0.2, -0.15) is 0 Å². The van der Waals surface area contributed by atoms with Gasteiger partial charge in [0.05, 0.1) is 16.8 Å². The molecule has 0 unspecified atom stereocenters. The highest BCUT2D eigenvalue weighted by molar-refractivity contribution is 7.92. The Hall–Kier alpha value is -3.26. The molecule has 2 N–H and O–H groups in total. The zero-order valence-corrected chi connectivity index (χ0v) is 16.0. The van der Waals surface area contributed by atoms with Crippen LogP contribution in [0.15, 0.2) is 65.7 Å². The Morgan fingerprint density at radius 1 is 1.04 bits per heavy atom. The molecule has 0 radical (unpaired) electrons. The molecule has 0 saturated heterocycles. The van der Waals surface area contributed by atoms with E-state index < -0.39 is 15.8 Å². The summed E-state index contributed by atoms with van der Waals surface area (Å²) in [5, 5.41) is 3.05. The first-order chi connectivity index (χ1) is 13.2. The van der Waals surface area contributed by atoms with E-state index in [1.165, 1.54) is 26.1 Å². The summed E-state index contributed by atoms with van der Waals surface area (Å²) in [7, 11) is -3.86. The number of hydrogen-bond donors (Lipinski definition) is 2. The molecular weight excluding hydrogens is 381 g/mol. The third-order valence-electron chi connectivity index (χ3n) is 3.98. The van der Waals surface area contributed by atoms with Crippen LogP contribution in [0.1, 0.15) is 22.8 Å². The van der Waals surface area contributed by atoms with Gasteiger partial charge in [-0.05, 0) is 61.9 Å². The van der Waals surface area contributed by atoms with E-state index in [2.05, 4.69) is 15.0 Å². The van der Waals surface area contributed by atoms with Crippen LogP contribution >= 0.6 is 0 Å². The van der Waals surface area contributed by atoms with Gasteiger partial charge in [0.1, 0.15) is 11.6 Å². The number of aryl methyl sites for hydroxylation is 1. The van der Waals surface area contributed by atoms with Crippen molar-refractivity contribution >= 4 is 33.0 Å². The fraction of sp³-hybridized carbons (Fsp3) is 0.100. The first-order valence-corrected chi connectivity index (χ1v) is 9.86. The summed E-state index contributed by atoms with van der Waals surface area (Å²) in [6, 6.07) is 13.6. The molecule has 1 aromatic heterocycles. The molecule has 3 rings (SSSR count). The minimum absolute atomic E-state index is 0.00264. The number of nitrogens with zero attached hydrogens (tertiary/aromatic N) is 1. The van der Waals surface area contributed by atoms with Crippen LogP contribution in [-0.4, -0.2) is 19.2 Å². The highest BCUT2D eigenvalue weighted by Crippen LogP contribution is 2.22. The lowest BCUT2D eigenvalue weighted by molar-refractivity contribution is 0.101. The molecule has 0 atom stereocenters. The molecule has 0 fully saturated rings. The van der Waals surface area contributed by atoms with Crippen molar-refractivity contribution in [1.82, 2.24) is 4.98 Å². The maximum Gasteiger partial charge on any atom is 0.262 e. The number of nitrogens with one attached hydrogen (secondary N) is 2. The van der Waals surface area contributed by atoms with E-state index in [0.717, 1.165) is 12.1 Å². The number of anilines is 3. The van der Waals surface area contributed by atoms with Crippen LogP contribution in [0.4, 0.5) is 21.6 Å². The van der Waals surface area contributed by atoms with Crippen LogP contribution in [0.25, 0.3) is 0 Å². The van der Waals surface area contributed by atoms with Crippen molar-refractivity contribution in [3.63, 3.8) is 0 Å². The van der Waals surface area contributed by atoms with E-state index in [9.17, 15) is 17.6 Å². The van der Waals surface area contributed by atoms with E-state index in [1.54, 1.807) is 36.4 Å². The average Bonchev–Trinajstić information content (AvgIpc) is 2.63. The van der Waals surface area contributed by atoms with E-state index in [0.29, 0.717) is 22.6 Å². The van der Waals surface area contributed by atoms with Crippen molar-refractivity contribution in [3.05, 3.63) is 77.7 Å². The van der Waals surface area contributed by atoms with Gasteiger partial charge in [-0.3, -0.25) is 9.52 Å². The molecule has 144 valence electrons. The fourth-order valence-corrected chi connectivity index (χ4v) is 3.89. The second kappa shape index (κ2) is 7.77. The largest absolute Gasteiger partial charge is 0.340 e. The summed E-state index contributed by atoms with van der Waals surface area (Å²) in [6.45, 7) is 3.01. The maximum atomic E-state index is 13.2. The number of rotatable bonds is 6. The van der Waals surface area contributed by atoms with Crippen molar-refractivity contribution in [2.24, 2.45) is 0 Å². The van der Waals surface area contributed by atoms with Gasteiger partial charge in [0.25, 0.3) is 10.0 Å². The van der Waals surface area contributed by atoms with Gasteiger partial charge in [-0.25, -0.2) is 17.8 Å². The minimum Gasteiger partial charge on any atom is -0.340 e. The van der Waals surface area contributed by atoms with Crippen LogP contribution in [0, 0.1) is 12.7 Å². The van der Waals surface area contributed by atoms with Crippen LogP contribution in [0.3, 0.4) is 0 Å². The Kier molecular flexibility index (Phi) is 5.41. The lowest BCUT2D eigenvalue weighted by atomic mass is 10.1. The predicted molar refractivity (Wildman–Crippen MR) is 106 cm³/mol. The molecule has 1 heterocycles. The van der Waals surface area contributed by atoms with Crippen molar-refractivity contribution in [3.8, 4) is 0 Å². The van der Waals surface area contributed by atoms with E-state index >= 15 is 0 Å². The number of Topliss-reactive ketones (excluding diaryl/α,β-unsaturated/α-hetero) is 1. The molecule has 0 aliphatic carbocycles. The van der Waals surface area contributed by atoms with Gasteiger partial charge in [0.2, 0.25) is 0 Å². The summed E-state index contributed by atoms with van der Waals surface area (Å²) in [4.78, 5) is 15.6. The number of aromatic nitrogens is 1. The molecule has 0 amide bonds. The quantitative estimate of drug-likeness (QED) is 0.604. The summed E-state index contributed by atoms with van der Waals surface area (Å²) < 4.78 is 40.6. The number of halogens is 1. The van der Waals surface area contributed by atoms with Gasteiger partial charge < -0.3 is 5.32 Å². The lowest BCUT2D eigenvalue weighted by Crippen LogP contribution is -2.14. The van der Waals surface area contributed by atoms with Gasteiger partial charge in [-0.1, -0.05) is 12.1 Å². The molecule has 0 aliphatic heterocycles. The van der Waals surface area contributed by atoms with Crippen LogP contribution in [0.2, 0.25) is 0 Å². The van der Waals surface area contributed by atoms with Crippen molar-refractivity contribution in [2.45, 2.75) is 18.7 Å². The molecular formula is C20H18FN3O3S. The predicted octanol–water partition coefficient (Wildman–Crippen LogP) is 4.28. The summed E-state index contributed by atoms with van der Waals surface area (Å²) in [5.74, 6) is -0.0542. The molecule has 28 heavy (non-hydrogen) atoms. The van der Waals surface area contributed by atoms with Gasteiger partial charge in [0.15, 0.2) is 5.78 Å². The number of benzene rings is 2. The third-order valence-corrected chi connectivity index (χ3v) is 5.53. The molecule has 3 aromatic rings. The zero-order valence-electron chi connectivity index (χ0n) is 15.2. The summed E-state index contributed by atoms with van der Waals surface area (Å²) in [6.07, 6.45) is 1.37. The SMILES string of the molecule is CC(=O)c1cccc(Nc2ccc(NS(=O)(=O)c3ccc(F)cc3C)cn2)c1. The lowest BCUT2D eigenvalue weighted by Gasteiger charge is -2.11. The van der Waals surface area contributed by atoms with Crippen molar-refractivity contribution in [1.29, 1.82) is 0 Å². The molecule has 0 saturated carbocycles. The zero-order chi connectivity index (χ0) is 20.3. The standard InChI is InChI=1S/C20H18FN3O3S/c1-13-10-16(21)6-8-19(13)28(26,27)24-18-7-9-20(22-12-18)23-17-5-3-4-15(11-17)14(2)25/h3-12,24H,1-2H3,(H,22,23). The van der Waals surface area contributed by atoms with Crippen LogP contribution in [-0.2, 0) is 10.0 Å². The normalized spacial score (nSPS) is 11.1. The van der Waals surface area contributed by atoms with Crippen LogP contribution in [0.5, 0.6) is 0 Å². The Balaban J connectivity index is 1.75. The summed E-state index contributed by atoms with van der Waals surface area (Å²) in [5.41, 5.74) is 1.84. The smallest absolute Gasteiger partial charge is 0.262 e. The Bertz CT molecular complexity index is 1130. The number of ketones is 1. The molecule has 0 aliphatic rings. The molecule has 0 spiro atoms. The van der Waals surface area contributed by atoms with Crippen LogP contribution < -0.4 is 10.0 Å². The minimum atomic E-state index is -3.86. The second-order valence-corrected chi connectivity index (χ2v) is 7.86. The number of pyridine rings is 1. The monoisotopic (exact) mass is 399 g/mol. The number of sulfonamides is 1. The van der Waals surface area contributed by atoms with Crippen molar-refractivity contribution < 1.29 is 17.6 Å². The second-order valence-electron chi connectivity index (χ2n) is 6.21. The van der Waals surface area contributed by atoms with Gasteiger partial charge in [-0.15, -0.1) is 0 Å². The highest BCUT2D eigenvalue weighted by Gasteiger charge is 2.17. The molecule has 6 nitrogen and oxygen atoms in total. The van der Waals surface area contributed by atoms with Crippen molar-refractivity contribution in [2.75, 3.05) is 10.0 Å². The molecule has 8 heteroatoms. The maximum absolute atomic E-state index is 13.2. The number of carbonyl (C=O) groups is 1.